The van der Waals surface area contributed by atoms with Crippen molar-refractivity contribution in [1.82, 2.24) is 0 Å². The fraction of sp³-hybridized carbons (Fsp3) is 0.462. The third-order valence-electron chi connectivity index (χ3n) is 2.47. The Morgan fingerprint density at radius 2 is 2.00 bits per heavy atom. The van der Waals surface area contributed by atoms with Crippen LogP contribution in [0.1, 0.15) is 18.9 Å². The molecule has 0 bridgehead atoms. The molecule has 18 heavy (non-hydrogen) atoms. The van der Waals surface area contributed by atoms with Gasteiger partial charge in [-0.2, -0.15) is 0 Å². The number of esters is 1. The second kappa shape index (κ2) is 7.26. The van der Waals surface area contributed by atoms with Gasteiger partial charge in [-0.15, -0.1) is 0 Å². The van der Waals surface area contributed by atoms with Crippen molar-refractivity contribution in [3.63, 3.8) is 0 Å². The molecule has 0 amide bonds. The zero-order valence-electron chi connectivity index (χ0n) is 10.8. The minimum atomic E-state index is -0.202. The number of aryl methyl sites for hydroxylation is 1. The van der Waals surface area contributed by atoms with Crippen molar-refractivity contribution < 1.29 is 19.0 Å². The topological polar surface area (TPSA) is 44.8 Å². The van der Waals surface area contributed by atoms with Crippen molar-refractivity contribution in [2.45, 2.75) is 19.8 Å². The molecule has 0 saturated heterocycles. The normalized spacial score (nSPS) is 10.0. The first-order chi connectivity index (χ1) is 8.63. The minimum absolute atomic E-state index is 0.202. The van der Waals surface area contributed by atoms with E-state index in [1.54, 1.807) is 21.1 Å². The number of hydrogen-bond acceptors (Lipinski definition) is 4. The van der Waals surface area contributed by atoms with E-state index >= 15 is 0 Å². The zero-order chi connectivity index (χ0) is 13.5. The lowest BCUT2D eigenvalue weighted by Crippen LogP contribution is -2.06. The third-order valence-corrected chi connectivity index (χ3v) is 3.22. The minimum Gasteiger partial charge on any atom is -0.495 e. The van der Waals surface area contributed by atoms with E-state index in [1.807, 2.05) is 12.1 Å². The van der Waals surface area contributed by atoms with Crippen molar-refractivity contribution in [3.05, 3.63) is 22.2 Å². The molecule has 4 nitrogen and oxygen atoms in total. The van der Waals surface area contributed by atoms with E-state index in [-0.39, 0.29) is 5.97 Å². The van der Waals surface area contributed by atoms with Crippen molar-refractivity contribution in [2.24, 2.45) is 0 Å². The summed E-state index contributed by atoms with van der Waals surface area (Å²) in [6.07, 6.45) is 0.910. The molecule has 0 atom stereocenters. The highest BCUT2D eigenvalue weighted by Crippen LogP contribution is 2.37. The second-order valence-corrected chi connectivity index (χ2v) is 4.37. The molecule has 0 heterocycles. The van der Waals surface area contributed by atoms with Gasteiger partial charge in [0.05, 0.1) is 20.8 Å². The van der Waals surface area contributed by atoms with Crippen LogP contribution in [0.15, 0.2) is 16.6 Å². The maximum absolute atomic E-state index is 11.3. The standard InChI is InChI=1S/C13H17BrO4/c1-4-18-11(15)8-6-9-5-7-10(16-2)12(14)13(9)17-3/h5,7H,4,6,8H2,1-3H3. The average Bonchev–Trinajstić information content (AvgIpc) is 2.36. The highest BCUT2D eigenvalue weighted by molar-refractivity contribution is 9.10. The van der Waals surface area contributed by atoms with Gasteiger partial charge in [0.15, 0.2) is 0 Å². The van der Waals surface area contributed by atoms with E-state index in [2.05, 4.69) is 15.9 Å². The van der Waals surface area contributed by atoms with Gasteiger partial charge in [-0.05, 0) is 40.9 Å². The quantitative estimate of drug-likeness (QED) is 0.757. The number of ether oxygens (including phenoxy) is 3. The Hall–Kier alpha value is -1.23. The molecular formula is C13H17BrO4. The number of methoxy groups -OCH3 is 2. The van der Waals surface area contributed by atoms with E-state index in [0.717, 1.165) is 10.0 Å². The predicted molar refractivity (Wildman–Crippen MR) is 72.2 cm³/mol. The Labute approximate surface area is 115 Å². The average molecular weight is 317 g/mol. The van der Waals surface area contributed by atoms with Crippen LogP contribution < -0.4 is 9.47 Å². The molecule has 0 aromatic heterocycles. The third kappa shape index (κ3) is 3.63. The van der Waals surface area contributed by atoms with Crippen LogP contribution in [0.5, 0.6) is 11.5 Å². The van der Waals surface area contributed by atoms with E-state index < -0.39 is 0 Å². The number of carbonyl (C=O) groups excluding carboxylic acids is 1. The zero-order valence-corrected chi connectivity index (χ0v) is 12.4. The maximum atomic E-state index is 11.3. The Kier molecular flexibility index (Phi) is 5.98. The Morgan fingerprint density at radius 3 is 2.56 bits per heavy atom. The van der Waals surface area contributed by atoms with Gasteiger partial charge in [-0.25, -0.2) is 0 Å². The molecule has 0 saturated carbocycles. The fourth-order valence-corrected chi connectivity index (χ4v) is 2.33. The highest BCUT2D eigenvalue weighted by atomic mass is 79.9. The summed E-state index contributed by atoms with van der Waals surface area (Å²) < 4.78 is 16.2. The maximum Gasteiger partial charge on any atom is 0.306 e. The van der Waals surface area contributed by atoms with Crippen LogP contribution in [0.3, 0.4) is 0 Å². The van der Waals surface area contributed by atoms with Crippen molar-refractivity contribution in [2.75, 3.05) is 20.8 Å². The second-order valence-electron chi connectivity index (χ2n) is 3.58. The Morgan fingerprint density at radius 1 is 1.28 bits per heavy atom. The van der Waals surface area contributed by atoms with Gasteiger partial charge in [-0.3, -0.25) is 4.79 Å². The summed E-state index contributed by atoms with van der Waals surface area (Å²) in [6, 6.07) is 3.73. The largest absolute Gasteiger partial charge is 0.495 e. The summed E-state index contributed by atoms with van der Waals surface area (Å²) in [6.45, 7) is 2.20. The van der Waals surface area contributed by atoms with Crippen LogP contribution in [0.25, 0.3) is 0 Å². The lowest BCUT2D eigenvalue weighted by molar-refractivity contribution is -0.143. The molecular weight excluding hydrogens is 300 g/mol. The number of benzene rings is 1. The first kappa shape index (κ1) is 14.8. The molecule has 5 heteroatoms. The van der Waals surface area contributed by atoms with E-state index in [0.29, 0.717) is 30.9 Å². The Balaban J connectivity index is 2.83. The van der Waals surface area contributed by atoms with Gasteiger partial charge < -0.3 is 14.2 Å². The van der Waals surface area contributed by atoms with Gasteiger partial charge in [-0.1, -0.05) is 6.07 Å². The van der Waals surface area contributed by atoms with Crippen molar-refractivity contribution in [3.8, 4) is 11.5 Å². The molecule has 0 aliphatic carbocycles. The summed E-state index contributed by atoms with van der Waals surface area (Å²) in [5.74, 6) is 1.19. The number of hydrogen-bond donors (Lipinski definition) is 0. The van der Waals surface area contributed by atoms with E-state index in [9.17, 15) is 4.79 Å². The molecule has 0 N–H and O–H groups in total. The van der Waals surface area contributed by atoms with Crippen LogP contribution in [0.2, 0.25) is 0 Å². The summed E-state index contributed by atoms with van der Waals surface area (Å²) in [5, 5.41) is 0. The lowest BCUT2D eigenvalue weighted by atomic mass is 10.1. The monoisotopic (exact) mass is 316 g/mol. The molecule has 0 spiro atoms. The van der Waals surface area contributed by atoms with Gasteiger partial charge in [0.1, 0.15) is 16.0 Å². The molecule has 0 aliphatic heterocycles. The molecule has 0 aliphatic rings. The van der Waals surface area contributed by atoms with Gasteiger partial charge in [0, 0.05) is 6.42 Å². The van der Waals surface area contributed by atoms with E-state index in [4.69, 9.17) is 14.2 Å². The predicted octanol–water partition coefficient (Wildman–Crippen LogP) is 2.96. The highest BCUT2D eigenvalue weighted by Gasteiger charge is 2.13. The van der Waals surface area contributed by atoms with E-state index in [1.165, 1.54) is 0 Å². The molecule has 1 aromatic carbocycles. The summed E-state index contributed by atoms with van der Waals surface area (Å²) in [7, 11) is 3.19. The SMILES string of the molecule is CCOC(=O)CCc1ccc(OC)c(Br)c1OC. The first-order valence-corrected chi connectivity index (χ1v) is 6.48. The van der Waals surface area contributed by atoms with Crippen LogP contribution in [-0.2, 0) is 16.0 Å². The van der Waals surface area contributed by atoms with Crippen LogP contribution in [-0.4, -0.2) is 26.8 Å². The summed E-state index contributed by atoms with van der Waals surface area (Å²) >= 11 is 3.42. The molecule has 0 fully saturated rings. The molecule has 1 rings (SSSR count). The first-order valence-electron chi connectivity index (χ1n) is 5.69. The van der Waals surface area contributed by atoms with Crippen LogP contribution in [0, 0.1) is 0 Å². The van der Waals surface area contributed by atoms with Gasteiger partial charge in [0.2, 0.25) is 0 Å². The number of rotatable bonds is 6. The smallest absolute Gasteiger partial charge is 0.306 e. The van der Waals surface area contributed by atoms with Gasteiger partial charge >= 0.3 is 5.97 Å². The molecule has 100 valence electrons. The van der Waals surface area contributed by atoms with Gasteiger partial charge in [0.25, 0.3) is 0 Å². The lowest BCUT2D eigenvalue weighted by Gasteiger charge is -2.13. The fourth-order valence-electron chi connectivity index (χ4n) is 1.62. The summed E-state index contributed by atoms with van der Waals surface area (Å²) in [4.78, 5) is 11.3. The molecule has 0 radical (unpaired) electrons. The van der Waals surface area contributed by atoms with Crippen LogP contribution in [0.4, 0.5) is 0 Å². The van der Waals surface area contributed by atoms with Crippen molar-refractivity contribution >= 4 is 21.9 Å². The number of halogens is 1. The number of carbonyl (C=O) groups is 1. The molecule has 0 unspecified atom stereocenters. The van der Waals surface area contributed by atoms with Crippen molar-refractivity contribution in [1.29, 1.82) is 0 Å². The Bertz CT molecular complexity index is 418. The van der Waals surface area contributed by atoms with Crippen LogP contribution >= 0.6 is 15.9 Å². The molecule has 1 aromatic rings. The summed E-state index contributed by atoms with van der Waals surface area (Å²) in [5.41, 5.74) is 0.943.